The zero-order chi connectivity index (χ0) is 13.8. The Kier molecular flexibility index (Phi) is 4.35. The van der Waals surface area contributed by atoms with Crippen LogP contribution in [0.15, 0.2) is 48.5 Å². The summed E-state index contributed by atoms with van der Waals surface area (Å²) in [4.78, 5) is 12.4. The van der Waals surface area contributed by atoms with Crippen LogP contribution in [0.1, 0.15) is 40.9 Å². The third-order valence-corrected chi connectivity index (χ3v) is 3.34. The van der Waals surface area contributed by atoms with Gasteiger partial charge in [-0.3, -0.25) is 4.79 Å². The van der Waals surface area contributed by atoms with Crippen molar-refractivity contribution in [2.24, 2.45) is 5.73 Å². The van der Waals surface area contributed by atoms with E-state index in [4.69, 9.17) is 17.3 Å². The van der Waals surface area contributed by atoms with Crippen LogP contribution in [0.3, 0.4) is 0 Å². The van der Waals surface area contributed by atoms with Crippen molar-refractivity contribution >= 4 is 17.4 Å². The van der Waals surface area contributed by atoms with Crippen molar-refractivity contribution < 1.29 is 4.79 Å². The van der Waals surface area contributed by atoms with Crippen LogP contribution in [0.5, 0.6) is 0 Å². The van der Waals surface area contributed by atoms with Crippen molar-refractivity contribution in [2.45, 2.75) is 19.4 Å². The molecule has 0 saturated carbocycles. The van der Waals surface area contributed by atoms with Crippen LogP contribution >= 0.6 is 11.6 Å². The third-order valence-electron chi connectivity index (χ3n) is 3.10. The molecule has 2 rings (SSSR count). The maximum absolute atomic E-state index is 12.4. The van der Waals surface area contributed by atoms with E-state index in [1.807, 2.05) is 25.1 Å². The van der Waals surface area contributed by atoms with Crippen LogP contribution in [0, 0.1) is 0 Å². The minimum absolute atomic E-state index is 0.0346. The number of ketones is 1. The molecule has 0 aromatic heterocycles. The van der Waals surface area contributed by atoms with Gasteiger partial charge in [0, 0.05) is 22.2 Å². The number of nitrogens with two attached hydrogens (primary N) is 1. The summed E-state index contributed by atoms with van der Waals surface area (Å²) in [6, 6.07) is 14.4. The Hall–Kier alpha value is -1.64. The van der Waals surface area contributed by atoms with E-state index in [0.29, 0.717) is 16.1 Å². The highest BCUT2D eigenvalue weighted by molar-refractivity contribution is 6.31. The van der Waals surface area contributed by atoms with Gasteiger partial charge in [-0.05, 0) is 30.2 Å². The van der Waals surface area contributed by atoms with E-state index in [0.717, 1.165) is 12.0 Å². The quantitative estimate of drug-likeness (QED) is 0.856. The van der Waals surface area contributed by atoms with E-state index in [9.17, 15) is 4.79 Å². The SMILES string of the molecule is CCC(N)c1cccc(C(=O)c2cccc(Cl)c2)c1. The van der Waals surface area contributed by atoms with Gasteiger partial charge in [-0.2, -0.15) is 0 Å². The van der Waals surface area contributed by atoms with Gasteiger partial charge in [-0.1, -0.05) is 48.9 Å². The van der Waals surface area contributed by atoms with Crippen LogP contribution in [-0.2, 0) is 0 Å². The minimum atomic E-state index is -0.0351. The van der Waals surface area contributed by atoms with E-state index >= 15 is 0 Å². The molecule has 2 N–H and O–H groups in total. The molecule has 0 fully saturated rings. The molecule has 3 heteroatoms. The molecule has 2 nitrogen and oxygen atoms in total. The van der Waals surface area contributed by atoms with E-state index in [1.54, 1.807) is 30.3 Å². The Balaban J connectivity index is 2.34. The zero-order valence-electron chi connectivity index (χ0n) is 10.8. The molecule has 0 radical (unpaired) electrons. The molecular weight excluding hydrogens is 258 g/mol. The van der Waals surface area contributed by atoms with Crippen molar-refractivity contribution in [3.63, 3.8) is 0 Å². The van der Waals surface area contributed by atoms with Gasteiger partial charge in [-0.15, -0.1) is 0 Å². The van der Waals surface area contributed by atoms with Crippen molar-refractivity contribution in [3.05, 3.63) is 70.2 Å². The molecule has 0 saturated heterocycles. The number of carbonyl (C=O) groups excluding carboxylic acids is 1. The van der Waals surface area contributed by atoms with E-state index < -0.39 is 0 Å². The highest BCUT2D eigenvalue weighted by Crippen LogP contribution is 2.19. The van der Waals surface area contributed by atoms with Gasteiger partial charge in [0.15, 0.2) is 5.78 Å². The molecule has 98 valence electrons. The Morgan fingerprint density at radius 3 is 2.42 bits per heavy atom. The van der Waals surface area contributed by atoms with Crippen molar-refractivity contribution in [1.29, 1.82) is 0 Å². The molecule has 1 atom stereocenters. The van der Waals surface area contributed by atoms with E-state index in [-0.39, 0.29) is 11.8 Å². The summed E-state index contributed by atoms with van der Waals surface area (Å²) in [6.07, 6.45) is 0.842. The lowest BCUT2D eigenvalue weighted by Gasteiger charge is -2.10. The van der Waals surface area contributed by atoms with Crippen LogP contribution in [-0.4, -0.2) is 5.78 Å². The topological polar surface area (TPSA) is 43.1 Å². The van der Waals surface area contributed by atoms with Crippen LogP contribution < -0.4 is 5.73 Å². The second-order valence-corrected chi connectivity index (χ2v) is 4.92. The minimum Gasteiger partial charge on any atom is -0.324 e. The average Bonchev–Trinajstić information content (AvgIpc) is 2.45. The fourth-order valence-electron chi connectivity index (χ4n) is 1.94. The number of rotatable bonds is 4. The second kappa shape index (κ2) is 6.00. The molecule has 19 heavy (non-hydrogen) atoms. The van der Waals surface area contributed by atoms with Crippen LogP contribution in [0.2, 0.25) is 5.02 Å². The molecule has 0 aliphatic rings. The maximum atomic E-state index is 12.4. The summed E-state index contributed by atoms with van der Waals surface area (Å²) in [5, 5.41) is 0.562. The Morgan fingerprint density at radius 2 is 1.79 bits per heavy atom. The first kappa shape index (κ1) is 13.8. The molecule has 0 heterocycles. The lowest BCUT2D eigenvalue weighted by atomic mass is 9.98. The Labute approximate surface area is 118 Å². The smallest absolute Gasteiger partial charge is 0.193 e. The monoisotopic (exact) mass is 273 g/mol. The molecule has 2 aromatic rings. The summed E-state index contributed by atoms with van der Waals surface area (Å²) in [7, 11) is 0. The number of halogens is 1. The predicted molar refractivity (Wildman–Crippen MR) is 78.5 cm³/mol. The van der Waals surface area contributed by atoms with Gasteiger partial charge in [0.1, 0.15) is 0 Å². The van der Waals surface area contributed by atoms with Gasteiger partial charge in [0.25, 0.3) is 0 Å². The summed E-state index contributed by atoms with van der Waals surface area (Å²) in [6.45, 7) is 2.02. The zero-order valence-corrected chi connectivity index (χ0v) is 11.5. The van der Waals surface area contributed by atoms with E-state index in [2.05, 4.69) is 0 Å². The molecule has 0 aliphatic carbocycles. The standard InChI is InChI=1S/C16H16ClNO/c1-2-15(18)11-5-3-6-12(9-11)16(19)13-7-4-8-14(17)10-13/h3-10,15H,2,18H2,1H3. The predicted octanol–water partition coefficient (Wildman–Crippen LogP) is 3.98. The highest BCUT2D eigenvalue weighted by Gasteiger charge is 2.11. The van der Waals surface area contributed by atoms with Gasteiger partial charge in [0.05, 0.1) is 0 Å². The fourth-order valence-corrected chi connectivity index (χ4v) is 2.13. The Morgan fingerprint density at radius 1 is 1.16 bits per heavy atom. The lowest BCUT2D eigenvalue weighted by molar-refractivity contribution is 0.103. The first-order valence-electron chi connectivity index (χ1n) is 6.27. The molecular formula is C16H16ClNO. The number of hydrogen-bond donors (Lipinski definition) is 1. The molecule has 1 unspecified atom stereocenters. The molecule has 0 bridgehead atoms. The summed E-state index contributed by atoms with van der Waals surface area (Å²) < 4.78 is 0. The first-order chi connectivity index (χ1) is 9.11. The van der Waals surface area contributed by atoms with Gasteiger partial charge >= 0.3 is 0 Å². The lowest BCUT2D eigenvalue weighted by Crippen LogP contribution is -2.10. The molecule has 0 aliphatic heterocycles. The van der Waals surface area contributed by atoms with Gasteiger partial charge in [0.2, 0.25) is 0 Å². The third kappa shape index (κ3) is 3.22. The van der Waals surface area contributed by atoms with Crippen LogP contribution in [0.4, 0.5) is 0 Å². The fraction of sp³-hybridized carbons (Fsp3) is 0.188. The van der Waals surface area contributed by atoms with Crippen molar-refractivity contribution in [3.8, 4) is 0 Å². The summed E-state index contributed by atoms with van der Waals surface area (Å²) >= 11 is 5.91. The Bertz CT molecular complexity index is 595. The normalized spacial score (nSPS) is 12.2. The second-order valence-electron chi connectivity index (χ2n) is 4.48. The summed E-state index contributed by atoms with van der Waals surface area (Å²) in [5.74, 6) is -0.0346. The largest absolute Gasteiger partial charge is 0.324 e. The molecule has 0 spiro atoms. The number of benzene rings is 2. The van der Waals surface area contributed by atoms with Gasteiger partial charge < -0.3 is 5.73 Å². The highest BCUT2D eigenvalue weighted by atomic mass is 35.5. The van der Waals surface area contributed by atoms with E-state index in [1.165, 1.54) is 0 Å². The summed E-state index contributed by atoms with van der Waals surface area (Å²) in [5.41, 5.74) is 8.21. The molecule has 2 aromatic carbocycles. The number of carbonyl (C=O) groups is 1. The molecule has 0 amide bonds. The average molecular weight is 274 g/mol. The maximum Gasteiger partial charge on any atom is 0.193 e. The van der Waals surface area contributed by atoms with Crippen molar-refractivity contribution in [1.82, 2.24) is 0 Å². The van der Waals surface area contributed by atoms with Crippen LogP contribution in [0.25, 0.3) is 0 Å². The van der Waals surface area contributed by atoms with Crippen molar-refractivity contribution in [2.75, 3.05) is 0 Å². The first-order valence-corrected chi connectivity index (χ1v) is 6.65. The number of hydrogen-bond acceptors (Lipinski definition) is 2. The van der Waals surface area contributed by atoms with Gasteiger partial charge in [-0.25, -0.2) is 0 Å².